The molecule has 1 fully saturated rings. The number of allylic oxidation sites excluding steroid dienone is 2. The summed E-state index contributed by atoms with van der Waals surface area (Å²) in [5.41, 5.74) is 2.52. The number of ether oxygens (including phenoxy) is 1. The van der Waals surface area contributed by atoms with Crippen LogP contribution in [0, 0.1) is 0 Å². The number of hydrogen-bond donors (Lipinski definition) is 1. The van der Waals surface area contributed by atoms with Crippen molar-refractivity contribution in [2.75, 3.05) is 6.61 Å². The van der Waals surface area contributed by atoms with E-state index >= 15 is 0 Å². The van der Waals surface area contributed by atoms with Crippen LogP contribution in [-0.4, -0.2) is 38.0 Å². The van der Waals surface area contributed by atoms with Gasteiger partial charge >= 0.3 is 5.69 Å². The van der Waals surface area contributed by atoms with Gasteiger partial charge in [-0.25, -0.2) is 14.3 Å². The molecule has 6 nitrogen and oxygen atoms in total. The Morgan fingerprint density at radius 3 is 2.96 bits per heavy atom. The fourth-order valence-electron chi connectivity index (χ4n) is 3.71. The van der Waals surface area contributed by atoms with Gasteiger partial charge in [0.05, 0.1) is 30.9 Å². The molecule has 2 aromatic heterocycles. The molecule has 0 spiro atoms. The molecule has 3 heterocycles. The standard InChI is InChI=1S/C18H22BrN3O3/c19-12-8-16-17(20-9-12)22(13-4-2-1-3-5-13)18(24)21(16)10-15-7-6-14(23)11-25-15/h4,8-9,14-15,23H,1-3,5-7,10-11H2/t14-,15-/m1/s1. The van der Waals surface area contributed by atoms with E-state index in [0.29, 0.717) is 25.2 Å². The van der Waals surface area contributed by atoms with Crippen molar-refractivity contribution in [2.45, 2.75) is 57.3 Å². The van der Waals surface area contributed by atoms with Crippen LogP contribution in [0.3, 0.4) is 0 Å². The first kappa shape index (κ1) is 17.0. The normalized spacial score (nSPS) is 24.5. The minimum absolute atomic E-state index is 0.0523. The van der Waals surface area contributed by atoms with E-state index in [4.69, 9.17) is 4.74 Å². The number of fused-ring (bicyclic) bond motifs is 1. The lowest BCUT2D eigenvalue weighted by molar-refractivity contribution is -0.0609. The third-order valence-corrected chi connectivity index (χ3v) is 5.46. The summed E-state index contributed by atoms with van der Waals surface area (Å²) in [6, 6.07) is 1.95. The molecule has 2 aliphatic rings. The Balaban J connectivity index is 1.78. The molecule has 2 aromatic rings. The maximum atomic E-state index is 13.2. The molecule has 0 amide bonds. The molecular weight excluding hydrogens is 386 g/mol. The topological polar surface area (TPSA) is 69.3 Å². The van der Waals surface area contributed by atoms with Crippen molar-refractivity contribution in [2.24, 2.45) is 0 Å². The zero-order chi connectivity index (χ0) is 17.4. The van der Waals surface area contributed by atoms with E-state index in [-0.39, 0.29) is 11.8 Å². The van der Waals surface area contributed by atoms with Crippen molar-refractivity contribution in [1.29, 1.82) is 0 Å². The number of imidazole rings is 1. The maximum absolute atomic E-state index is 13.2. The van der Waals surface area contributed by atoms with Crippen LogP contribution < -0.4 is 5.69 Å². The van der Waals surface area contributed by atoms with Crippen molar-refractivity contribution < 1.29 is 9.84 Å². The van der Waals surface area contributed by atoms with Crippen molar-refractivity contribution in [3.8, 4) is 0 Å². The van der Waals surface area contributed by atoms with E-state index < -0.39 is 6.10 Å². The third kappa shape index (κ3) is 3.32. The largest absolute Gasteiger partial charge is 0.391 e. The van der Waals surface area contributed by atoms with Gasteiger partial charge in [0.2, 0.25) is 0 Å². The van der Waals surface area contributed by atoms with Gasteiger partial charge in [0.25, 0.3) is 0 Å². The van der Waals surface area contributed by atoms with E-state index in [1.165, 1.54) is 6.42 Å². The number of aliphatic hydroxyl groups excluding tert-OH is 1. The van der Waals surface area contributed by atoms with Gasteiger partial charge in [-0.1, -0.05) is 6.08 Å². The summed E-state index contributed by atoms with van der Waals surface area (Å²) in [7, 11) is 0. The molecule has 4 rings (SSSR count). The van der Waals surface area contributed by atoms with Crippen LogP contribution in [-0.2, 0) is 11.3 Å². The lowest BCUT2D eigenvalue weighted by Gasteiger charge is -2.26. The Kier molecular flexibility index (Phi) is 4.80. The molecule has 0 unspecified atom stereocenters. The molecule has 7 heteroatoms. The summed E-state index contributed by atoms with van der Waals surface area (Å²) in [6.45, 7) is 0.825. The first-order valence-corrected chi connectivity index (χ1v) is 9.68. The van der Waals surface area contributed by atoms with Crippen molar-refractivity contribution in [3.63, 3.8) is 0 Å². The second-order valence-corrected chi connectivity index (χ2v) is 7.77. The summed E-state index contributed by atoms with van der Waals surface area (Å²) in [4.78, 5) is 17.7. The summed E-state index contributed by atoms with van der Waals surface area (Å²) in [6.07, 6.45) is 9.11. The highest BCUT2D eigenvalue weighted by Crippen LogP contribution is 2.26. The van der Waals surface area contributed by atoms with E-state index in [0.717, 1.165) is 41.4 Å². The van der Waals surface area contributed by atoms with E-state index in [9.17, 15) is 9.90 Å². The van der Waals surface area contributed by atoms with Crippen molar-refractivity contribution in [3.05, 3.63) is 33.3 Å². The van der Waals surface area contributed by atoms with Crippen LogP contribution in [0.2, 0.25) is 0 Å². The minimum Gasteiger partial charge on any atom is -0.391 e. The average molecular weight is 408 g/mol. The molecule has 1 saturated heterocycles. The summed E-state index contributed by atoms with van der Waals surface area (Å²) in [5.74, 6) is 0. The third-order valence-electron chi connectivity index (χ3n) is 5.03. The predicted octanol–water partition coefficient (Wildman–Crippen LogP) is 2.92. The molecule has 1 aliphatic heterocycles. The SMILES string of the molecule is O=c1n(C[C@H]2CC[C@@H](O)CO2)c2cc(Br)cnc2n1C1=CCCCC1. The zero-order valence-corrected chi connectivity index (χ0v) is 15.6. The Hall–Kier alpha value is -1.44. The molecular formula is C18H22BrN3O3. The summed E-state index contributed by atoms with van der Waals surface area (Å²) >= 11 is 3.46. The van der Waals surface area contributed by atoms with Gasteiger partial charge in [0, 0.05) is 16.4 Å². The molecule has 1 aliphatic carbocycles. The number of aromatic nitrogens is 3. The van der Waals surface area contributed by atoms with Gasteiger partial charge in [0.1, 0.15) is 0 Å². The predicted molar refractivity (Wildman–Crippen MR) is 99.4 cm³/mol. The Labute approximate surface area is 154 Å². The zero-order valence-electron chi connectivity index (χ0n) is 14.0. The Bertz CT molecular complexity index is 862. The van der Waals surface area contributed by atoms with Gasteiger partial charge in [-0.15, -0.1) is 0 Å². The van der Waals surface area contributed by atoms with Crippen LogP contribution in [0.15, 0.2) is 27.6 Å². The van der Waals surface area contributed by atoms with Crippen molar-refractivity contribution >= 4 is 32.8 Å². The van der Waals surface area contributed by atoms with Crippen LogP contribution in [0.5, 0.6) is 0 Å². The summed E-state index contributed by atoms with van der Waals surface area (Å²) < 4.78 is 10.1. The number of pyridine rings is 1. The lowest BCUT2D eigenvalue weighted by atomic mass is 10.0. The fourth-order valence-corrected chi connectivity index (χ4v) is 4.03. The molecule has 1 N–H and O–H groups in total. The summed E-state index contributed by atoms with van der Waals surface area (Å²) in [5, 5.41) is 9.61. The molecule has 134 valence electrons. The van der Waals surface area contributed by atoms with E-state index in [1.54, 1.807) is 15.3 Å². The lowest BCUT2D eigenvalue weighted by Crippen LogP contribution is -2.35. The monoisotopic (exact) mass is 407 g/mol. The first-order chi connectivity index (χ1) is 12.1. The molecule has 0 saturated carbocycles. The Morgan fingerprint density at radius 1 is 1.36 bits per heavy atom. The van der Waals surface area contributed by atoms with Gasteiger partial charge < -0.3 is 9.84 Å². The number of nitrogens with zero attached hydrogens (tertiary/aromatic N) is 3. The van der Waals surface area contributed by atoms with Crippen LogP contribution in [0.4, 0.5) is 0 Å². The quantitative estimate of drug-likeness (QED) is 0.848. The molecule has 2 atom stereocenters. The minimum atomic E-state index is -0.391. The molecule has 0 aromatic carbocycles. The van der Waals surface area contributed by atoms with Gasteiger partial charge in [-0.3, -0.25) is 4.57 Å². The van der Waals surface area contributed by atoms with Gasteiger partial charge in [-0.2, -0.15) is 0 Å². The average Bonchev–Trinajstić information content (AvgIpc) is 2.89. The van der Waals surface area contributed by atoms with Crippen LogP contribution >= 0.6 is 15.9 Å². The molecule has 25 heavy (non-hydrogen) atoms. The number of hydrogen-bond acceptors (Lipinski definition) is 4. The second-order valence-electron chi connectivity index (χ2n) is 6.85. The van der Waals surface area contributed by atoms with Crippen LogP contribution in [0.1, 0.15) is 38.5 Å². The maximum Gasteiger partial charge on any atom is 0.334 e. The number of aliphatic hydroxyl groups is 1. The molecule has 0 radical (unpaired) electrons. The number of rotatable bonds is 3. The highest BCUT2D eigenvalue weighted by Gasteiger charge is 2.24. The highest BCUT2D eigenvalue weighted by molar-refractivity contribution is 9.10. The van der Waals surface area contributed by atoms with Gasteiger partial charge in [0.15, 0.2) is 5.65 Å². The highest BCUT2D eigenvalue weighted by atomic mass is 79.9. The van der Waals surface area contributed by atoms with E-state index in [2.05, 4.69) is 27.0 Å². The van der Waals surface area contributed by atoms with Gasteiger partial charge in [-0.05, 0) is 60.5 Å². The Morgan fingerprint density at radius 2 is 2.24 bits per heavy atom. The first-order valence-electron chi connectivity index (χ1n) is 8.89. The van der Waals surface area contributed by atoms with E-state index in [1.807, 2.05) is 6.07 Å². The second kappa shape index (κ2) is 7.05. The smallest absolute Gasteiger partial charge is 0.334 e. The molecule has 0 bridgehead atoms. The number of halogens is 1. The van der Waals surface area contributed by atoms with Crippen LogP contribution in [0.25, 0.3) is 16.9 Å². The fraction of sp³-hybridized carbons (Fsp3) is 0.556. The van der Waals surface area contributed by atoms with Crippen molar-refractivity contribution in [1.82, 2.24) is 14.1 Å².